The van der Waals surface area contributed by atoms with Gasteiger partial charge in [0.05, 0.1) is 0 Å². The first kappa shape index (κ1) is 13.1. The number of anilines is 2. The summed E-state index contributed by atoms with van der Waals surface area (Å²) in [6.07, 6.45) is 2.35. The predicted molar refractivity (Wildman–Crippen MR) is 75.0 cm³/mol. The van der Waals surface area contributed by atoms with Crippen LogP contribution >= 0.6 is 11.3 Å². The minimum atomic E-state index is -0.0393. The van der Waals surface area contributed by atoms with E-state index in [4.69, 9.17) is 5.73 Å². The molecule has 6 heteroatoms. The van der Waals surface area contributed by atoms with E-state index in [0.29, 0.717) is 22.7 Å². The van der Waals surface area contributed by atoms with Gasteiger partial charge in [-0.05, 0) is 18.8 Å². The second kappa shape index (κ2) is 5.14. The fourth-order valence-corrected chi connectivity index (χ4v) is 2.71. The number of hydrogen-bond donors (Lipinski definition) is 2. The molecule has 1 aromatic heterocycles. The van der Waals surface area contributed by atoms with Crippen molar-refractivity contribution in [3.63, 3.8) is 0 Å². The lowest BCUT2D eigenvalue weighted by molar-refractivity contribution is 0.0784. The number of nitrogens with zero attached hydrogens (tertiary/aromatic N) is 2. The topological polar surface area (TPSA) is 71.2 Å². The second-order valence-electron chi connectivity index (χ2n) is 5.23. The predicted octanol–water partition coefficient (Wildman–Crippen LogP) is 2.03. The molecular weight excluding hydrogens is 248 g/mol. The van der Waals surface area contributed by atoms with Crippen LogP contribution in [0.25, 0.3) is 0 Å². The van der Waals surface area contributed by atoms with Crippen LogP contribution in [-0.2, 0) is 0 Å². The molecule has 5 nitrogen and oxygen atoms in total. The molecule has 1 aromatic rings. The van der Waals surface area contributed by atoms with Gasteiger partial charge in [0.1, 0.15) is 10.7 Å². The van der Waals surface area contributed by atoms with E-state index < -0.39 is 0 Å². The Morgan fingerprint density at radius 2 is 2.28 bits per heavy atom. The number of rotatable bonds is 5. The van der Waals surface area contributed by atoms with Crippen LogP contribution in [0.5, 0.6) is 0 Å². The molecule has 1 fully saturated rings. The third kappa shape index (κ3) is 3.13. The molecule has 0 radical (unpaired) electrons. The van der Waals surface area contributed by atoms with Crippen LogP contribution < -0.4 is 11.1 Å². The Labute approximate surface area is 111 Å². The zero-order chi connectivity index (χ0) is 13.3. The number of aromatic nitrogens is 1. The lowest BCUT2D eigenvalue weighted by Gasteiger charge is -2.18. The van der Waals surface area contributed by atoms with Crippen LogP contribution in [0.1, 0.15) is 36.4 Å². The minimum Gasteiger partial charge on any atom is -0.382 e. The number of nitrogen functional groups attached to an aromatic ring is 1. The molecule has 0 bridgehead atoms. The third-order valence-electron chi connectivity index (χ3n) is 2.74. The van der Waals surface area contributed by atoms with Gasteiger partial charge in [0, 0.05) is 19.6 Å². The molecule has 2 rings (SSSR count). The largest absolute Gasteiger partial charge is 0.382 e. The maximum atomic E-state index is 12.2. The first-order valence-electron chi connectivity index (χ1n) is 6.25. The third-order valence-corrected chi connectivity index (χ3v) is 3.73. The van der Waals surface area contributed by atoms with E-state index in [-0.39, 0.29) is 5.91 Å². The highest BCUT2D eigenvalue weighted by molar-refractivity contribution is 7.18. The van der Waals surface area contributed by atoms with Crippen molar-refractivity contribution in [3.05, 3.63) is 4.88 Å². The number of nitrogens with two attached hydrogens (primary N) is 1. The van der Waals surface area contributed by atoms with E-state index in [9.17, 15) is 4.79 Å². The smallest absolute Gasteiger partial charge is 0.267 e. The maximum Gasteiger partial charge on any atom is 0.267 e. The molecule has 1 heterocycles. The van der Waals surface area contributed by atoms with Crippen molar-refractivity contribution >= 4 is 28.2 Å². The Balaban J connectivity index is 2.06. The molecule has 0 unspecified atom stereocenters. The van der Waals surface area contributed by atoms with Gasteiger partial charge < -0.3 is 16.0 Å². The zero-order valence-electron chi connectivity index (χ0n) is 11.1. The van der Waals surface area contributed by atoms with Gasteiger partial charge in [0.15, 0.2) is 5.13 Å². The summed E-state index contributed by atoms with van der Waals surface area (Å²) in [5, 5.41) is 4.03. The Morgan fingerprint density at radius 1 is 1.61 bits per heavy atom. The van der Waals surface area contributed by atoms with Crippen molar-refractivity contribution < 1.29 is 4.79 Å². The second-order valence-corrected chi connectivity index (χ2v) is 6.23. The number of nitrogens with one attached hydrogen (secondary N) is 1. The lowest BCUT2D eigenvalue weighted by Crippen LogP contribution is -2.30. The van der Waals surface area contributed by atoms with E-state index in [1.807, 2.05) is 0 Å². The van der Waals surface area contributed by atoms with E-state index in [1.54, 1.807) is 11.9 Å². The molecular formula is C12H20N4OS. The first-order valence-corrected chi connectivity index (χ1v) is 7.07. The molecule has 1 saturated carbocycles. The fraction of sp³-hybridized carbons (Fsp3) is 0.667. The summed E-state index contributed by atoms with van der Waals surface area (Å²) in [6, 6.07) is 0.520. The first-order chi connectivity index (χ1) is 8.47. The summed E-state index contributed by atoms with van der Waals surface area (Å²) in [6.45, 7) is 4.89. The zero-order valence-corrected chi connectivity index (χ0v) is 11.9. The molecule has 0 spiro atoms. The Hall–Kier alpha value is -1.30. The number of amides is 1. The van der Waals surface area contributed by atoms with Gasteiger partial charge in [-0.1, -0.05) is 25.2 Å². The molecule has 0 aromatic carbocycles. The van der Waals surface area contributed by atoms with Crippen molar-refractivity contribution in [2.75, 3.05) is 24.6 Å². The molecule has 3 N–H and O–H groups in total. The number of carbonyl (C=O) groups is 1. The summed E-state index contributed by atoms with van der Waals surface area (Å²) in [7, 11) is 1.80. The molecule has 0 saturated heterocycles. The average molecular weight is 268 g/mol. The van der Waals surface area contributed by atoms with Gasteiger partial charge in [0.25, 0.3) is 5.91 Å². The summed E-state index contributed by atoms with van der Waals surface area (Å²) in [5.74, 6) is 0.739. The summed E-state index contributed by atoms with van der Waals surface area (Å²) >= 11 is 1.35. The van der Waals surface area contributed by atoms with Gasteiger partial charge in [-0.2, -0.15) is 0 Å². The van der Waals surface area contributed by atoms with Crippen molar-refractivity contribution in [2.45, 2.75) is 32.7 Å². The normalized spacial score (nSPS) is 14.9. The van der Waals surface area contributed by atoms with Gasteiger partial charge in [-0.3, -0.25) is 4.79 Å². The van der Waals surface area contributed by atoms with Gasteiger partial charge in [-0.15, -0.1) is 0 Å². The van der Waals surface area contributed by atoms with E-state index in [1.165, 1.54) is 24.2 Å². The summed E-state index contributed by atoms with van der Waals surface area (Å²) < 4.78 is 0. The van der Waals surface area contributed by atoms with Gasteiger partial charge >= 0.3 is 0 Å². The maximum absolute atomic E-state index is 12.2. The van der Waals surface area contributed by atoms with Crippen LogP contribution in [0, 0.1) is 5.92 Å². The molecule has 18 heavy (non-hydrogen) atoms. The SMILES string of the molecule is CC(C)CN(C)C(=O)c1sc(NC2CC2)nc1N. The van der Waals surface area contributed by atoms with Gasteiger partial charge in [0.2, 0.25) is 0 Å². The lowest BCUT2D eigenvalue weighted by atomic mass is 10.2. The molecule has 1 aliphatic carbocycles. The monoisotopic (exact) mass is 268 g/mol. The van der Waals surface area contributed by atoms with Crippen molar-refractivity contribution in [1.82, 2.24) is 9.88 Å². The number of carbonyl (C=O) groups excluding carboxylic acids is 1. The Bertz CT molecular complexity index is 439. The summed E-state index contributed by atoms with van der Waals surface area (Å²) in [5.41, 5.74) is 5.82. The molecule has 100 valence electrons. The fourth-order valence-electron chi connectivity index (χ4n) is 1.75. The molecule has 1 aliphatic rings. The highest BCUT2D eigenvalue weighted by Crippen LogP contribution is 2.31. The standard InChI is InChI=1S/C12H20N4OS/c1-7(2)6-16(3)11(17)9-10(13)15-12(18-9)14-8-4-5-8/h7-8H,4-6,13H2,1-3H3,(H,14,15). The van der Waals surface area contributed by atoms with Crippen molar-refractivity contribution in [2.24, 2.45) is 5.92 Å². The van der Waals surface area contributed by atoms with Crippen LogP contribution in [0.3, 0.4) is 0 Å². The van der Waals surface area contributed by atoms with E-state index in [2.05, 4.69) is 24.1 Å². The van der Waals surface area contributed by atoms with Crippen molar-refractivity contribution in [3.8, 4) is 0 Å². The van der Waals surface area contributed by atoms with E-state index in [0.717, 1.165) is 11.7 Å². The van der Waals surface area contributed by atoms with Crippen molar-refractivity contribution in [1.29, 1.82) is 0 Å². The number of hydrogen-bond acceptors (Lipinski definition) is 5. The van der Waals surface area contributed by atoms with Gasteiger partial charge in [-0.25, -0.2) is 4.98 Å². The van der Waals surface area contributed by atoms with Crippen LogP contribution in [0.4, 0.5) is 10.9 Å². The Morgan fingerprint density at radius 3 is 2.83 bits per heavy atom. The molecule has 1 amide bonds. The molecule has 0 atom stereocenters. The quantitative estimate of drug-likeness (QED) is 0.857. The molecule has 0 aliphatic heterocycles. The Kier molecular flexibility index (Phi) is 3.75. The van der Waals surface area contributed by atoms with Crippen LogP contribution in [-0.4, -0.2) is 35.4 Å². The minimum absolute atomic E-state index is 0.0393. The summed E-state index contributed by atoms with van der Waals surface area (Å²) in [4.78, 5) is 18.7. The van der Waals surface area contributed by atoms with Crippen LogP contribution in [0.15, 0.2) is 0 Å². The van der Waals surface area contributed by atoms with E-state index >= 15 is 0 Å². The highest BCUT2D eigenvalue weighted by Gasteiger charge is 2.25. The van der Waals surface area contributed by atoms with Crippen LogP contribution in [0.2, 0.25) is 0 Å². The number of thiazole rings is 1. The highest BCUT2D eigenvalue weighted by atomic mass is 32.1. The average Bonchev–Trinajstić information content (AvgIpc) is 3.00.